The summed E-state index contributed by atoms with van der Waals surface area (Å²) in [5.41, 5.74) is 0.241. The van der Waals surface area contributed by atoms with Gasteiger partial charge in [-0.05, 0) is 18.2 Å². The van der Waals surface area contributed by atoms with E-state index in [1.807, 2.05) is 0 Å². The first-order valence-corrected chi connectivity index (χ1v) is 4.66. The van der Waals surface area contributed by atoms with Crippen LogP contribution in [0, 0.1) is 5.82 Å². The van der Waals surface area contributed by atoms with Crippen molar-refractivity contribution in [1.29, 1.82) is 0 Å². The molecule has 0 aliphatic heterocycles. The Morgan fingerprint density at radius 2 is 1.93 bits per heavy atom. The molecule has 0 radical (unpaired) electrons. The number of halogens is 2. The van der Waals surface area contributed by atoms with Crippen molar-refractivity contribution in [2.45, 2.75) is 12.4 Å². The Kier molecular flexibility index (Phi) is 4.47. The Balaban J connectivity index is 2.98. The topological polar surface area (TPSA) is 38.7 Å². The maximum absolute atomic E-state index is 12.9. The van der Waals surface area contributed by atoms with Crippen LogP contribution in [0.1, 0.15) is 11.7 Å². The van der Waals surface area contributed by atoms with E-state index in [9.17, 15) is 9.50 Å². The minimum absolute atomic E-state index is 0.241. The molecule has 5 heteroatoms. The number of hydrogen-bond acceptors (Lipinski definition) is 3. The van der Waals surface area contributed by atoms with Crippen LogP contribution in [0.5, 0.6) is 0 Å². The highest BCUT2D eigenvalue weighted by Gasteiger charge is 2.22. The van der Waals surface area contributed by atoms with Crippen molar-refractivity contribution >= 4 is 11.6 Å². The highest BCUT2D eigenvalue weighted by Crippen LogP contribution is 2.27. The molecule has 0 saturated carbocycles. The lowest BCUT2D eigenvalue weighted by molar-refractivity contribution is -0.166. The van der Waals surface area contributed by atoms with Crippen LogP contribution in [0.4, 0.5) is 4.39 Å². The van der Waals surface area contributed by atoms with E-state index < -0.39 is 18.2 Å². The summed E-state index contributed by atoms with van der Waals surface area (Å²) < 4.78 is 22.6. The standard InChI is InChI=1S/C10H12ClFO3/c1-14-10(15-2)9(13)7-5-6(12)3-4-8(7)11/h3-5,9-10,13H,1-2H3. The molecular formula is C10H12ClFO3. The van der Waals surface area contributed by atoms with E-state index in [0.717, 1.165) is 6.07 Å². The van der Waals surface area contributed by atoms with Gasteiger partial charge in [-0.15, -0.1) is 0 Å². The second kappa shape index (κ2) is 5.42. The van der Waals surface area contributed by atoms with Crippen LogP contribution in [-0.2, 0) is 9.47 Å². The maximum Gasteiger partial charge on any atom is 0.187 e. The predicted octanol–water partition coefficient (Wildman–Crippen LogP) is 2.13. The van der Waals surface area contributed by atoms with Crippen molar-refractivity contribution in [2.75, 3.05) is 14.2 Å². The monoisotopic (exact) mass is 234 g/mol. The Morgan fingerprint density at radius 1 is 1.33 bits per heavy atom. The molecule has 1 unspecified atom stereocenters. The number of aliphatic hydroxyl groups excluding tert-OH is 1. The largest absolute Gasteiger partial charge is 0.383 e. The minimum Gasteiger partial charge on any atom is -0.383 e. The molecular weight excluding hydrogens is 223 g/mol. The van der Waals surface area contributed by atoms with Gasteiger partial charge in [0.1, 0.15) is 11.9 Å². The lowest BCUT2D eigenvalue weighted by atomic mass is 10.1. The second-order valence-corrected chi connectivity index (χ2v) is 3.36. The fourth-order valence-electron chi connectivity index (χ4n) is 1.24. The molecule has 1 N–H and O–H groups in total. The van der Waals surface area contributed by atoms with Gasteiger partial charge in [-0.2, -0.15) is 0 Å². The first-order valence-electron chi connectivity index (χ1n) is 4.28. The molecule has 0 spiro atoms. The van der Waals surface area contributed by atoms with Crippen molar-refractivity contribution in [2.24, 2.45) is 0 Å². The van der Waals surface area contributed by atoms with Gasteiger partial charge in [0, 0.05) is 24.8 Å². The quantitative estimate of drug-likeness (QED) is 0.812. The van der Waals surface area contributed by atoms with Crippen LogP contribution in [0.3, 0.4) is 0 Å². The van der Waals surface area contributed by atoms with Gasteiger partial charge in [0.25, 0.3) is 0 Å². The van der Waals surface area contributed by atoms with E-state index in [1.54, 1.807) is 0 Å². The van der Waals surface area contributed by atoms with Crippen molar-refractivity contribution < 1.29 is 19.0 Å². The molecule has 0 heterocycles. The number of benzene rings is 1. The Bertz CT molecular complexity index is 328. The average molecular weight is 235 g/mol. The third-order valence-electron chi connectivity index (χ3n) is 2.00. The zero-order valence-electron chi connectivity index (χ0n) is 8.41. The molecule has 1 atom stereocenters. The first kappa shape index (κ1) is 12.4. The molecule has 84 valence electrons. The van der Waals surface area contributed by atoms with Gasteiger partial charge in [-0.1, -0.05) is 11.6 Å². The number of rotatable bonds is 4. The van der Waals surface area contributed by atoms with Crippen molar-refractivity contribution in [1.82, 2.24) is 0 Å². The molecule has 1 aromatic carbocycles. The molecule has 1 aromatic rings. The van der Waals surface area contributed by atoms with Gasteiger partial charge in [0.15, 0.2) is 6.29 Å². The first-order chi connectivity index (χ1) is 7.10. The summed E-state index contributed by atoms with van der Waals surface area (Å²) >= 11 is 5.81. The lowest BCUT2D eigenvalue weighted by Crippen LogP contribution is -2.23. The molecule has 0 fully saturated rings. The van der Waals surface area contributed by atoms with E-state index in [1.165, 1.54) is 26.4 Å². The van der Waals surface area contributed by atoms with Gasteiger partial charge in [-0.25, -0.2) is 4.39 Å². The second-order valence-electron chi connectivity index (χ2n) is 2.95. The van der Waals surface area contributed by atoms with Crippen molar-refractivity contribution in [3.8, 4) is 0 Å². The summed E-state index contributed by atoms with van der Waals surface area (Å²) in [6, 6.07) is 3.74. The zero-order valence-corrected chi connectivity index (χ0v) is 9.16. The van der Waals surface area contributed by atoms with Crippen LogP contribution in [0.2, 0.25) is 5.02 Å². The fraction of sp³-hybridized carbons (Fsp3) is 0.400. The molecule has 0 aliphatic carbocycles. The minimum atomic E-state index is -1.12. The summed E-state index contributed by atoms with van der Waals surface area (Å²) in [5, 5.41) is 10.1. The van der Waals surface area contributed by atoms with Crippen LogP contribution in [0.25, 0.3) is 0 Å². The van der Waals surface area contributed by atoms with Crippen LogP contribution < -0.4 is 0 Å². The van der Waals surface area contributed by atoms with Crippen LogP contribution >= 0.6 is 11.6 Å². The van der Waals surface area contributed by atoms with E-state index >= 15 is 0 Å². The zero-order chi connectivity index (χ0) is 11.4. The van der Waals surface area contributed by atoms with Gasteiger partial charge in [0.05, 0.1) is 0 Å². The molecule has 0 aliphatic rings. The SMILES string of the molecule is COC(OC)C(O)c1cc(F)ccc1Cl. The van der Waals surface area contributed by atoms with Gasteiger partial charge < -0.3 is 14.6 Å². The van der Waals surface area contributed by atoms with Crippen LogP contribution in [0.15, 0.2) is 18.2 Å². The average Bonchev–Trinajstić information content (AvgIpc) is 2.23. The Morgan fingerprint density at radius 3 is 2.47 bits per heavy atom. The highest BCUT2D eigenvalue weighted by atomic mass is 35.5. The molecule has 0 aromatic heterocycles. The van der Waals surface area contributed by atoms with Crippen molar-refractivity contribution in [3.05, 3.63) is 34.6 Å². The van der Waals surface area contributed by atoms with E-state index in [2.05, 4.69) is 0 Å². The molecule has 0 saturated heterocycles. The molecule has 1 rings (SSSR count). The van der Waals surface area contributed by atoms with E-state index in [0.29, 0.717) is 0 Å². The molecule has 15 heavy (non-hydrogen) atoms. The number of aliphatic hydroxyl groups is 1. The third kappa shape index (κ3) is 2.89. The normalized spacial score (nSPS) is 13.2. The third-order valence-corrected chi connectivity index (χ3v) is 2.34. The number of methoxy groups -OCH3 is 2. The smallest absolute Gasteiger partial charge is 0.187 e. The predicted molar refractivity (Wildman–Crippen MR) is 54.2 cm³/mol. The Hall–Kier alpha value is -0.680. The van der Waals surface area contributed by atoms with Gasteiger partial charge in [-0.3, -0.25) is 0 Å². The maximum atomic E-state index is 12.9. The highest BCUT2D eigenvalue weighted by molar-refractivity contribution is 6.31. The number of ether oxygens (including phenoxy) is 2. The van der Waals surface area contributed by atoms with E-state index in [-0.39, 0.29) is 10.6 Å². The summed E-state index contributed by atoms with van der Waals surface area (Å²) in [5.74, 6) is -0.473. The summed E-state index contributed by atoms with van der Waals surface area (Å²) in [4.78, 5) is 0. The molecule has 0 bridgehead atoms. The molecule has 0 amide bonds. The fourth-order valence-corrected chi connectivity index (χ4v) is 1.47. The van der Waals surface area contributed by atoms with Crippen LogP contribution in [-0.4, -0.2) is 25.6 Å². The molecule has 3 nitrogen and oxygen atoms in total. The van der Waals surface area contributed by atoms with Gasteiger partial charge >= 0.3 is 0 Å². The van der Waals surface area contributed by atoms with Gasteiger partial charge in [0.2, 0.25) is 0 Å². The van der Waals surface area contributed by atoms with E-state index in [4.69, 9.17) is 21.1 Å². The summed E-state index contributed by atoms with van der Waals surface area (Å²) in [6.07, 6.45) is -1.99. The summed E-state index contributed by atoms with van der Waals surface area (Å²) in [6.45, 7) is 0. The van der Waals surface area contributed by atoms with Crippen molar-refractivity contribution in [3.63, 3.8) is 0 Å². The number of hydrogen-bond donors (Lipinski definition) is 1. The lowest BCUT2D eigenvalue weighted by Gasteiger charge is -2.21. The summed E-state index contributed by atoms with van der Waals surface area (Å²) in [7, 11) is 2.76. The Labute approximate surface area is 92.4 Å².